The minimum absolute atomic E-state index is 0.266. The van der Waals surface area contributed by atoms with Crippen LogP contribution >= 0.6 is 0 Å². The Balaban J connectivity index is 1.63. The summed E-state index contributed by atoms with van der Waals surface area (Å²) in [5.41, 5.74) is 0. The van der Waals surface area contributed by atoms with E-state index in [2.05, 4.69) is 88.3 Å². The van der Waals surface area contributed by atoms with Crippen molar-refractivity contribution >= 4 is 0 Å². The van der Waals surface area contributed by atoms with E-state index < -0.39 is 5.79 Å². The van der Waals surface area contributed by atoms with Crippen LogP contribution in [0.2, 0.25) is 0 Å². The summed E-state index contributed by atoms with van der Waals surface area (Å²) in [5, 5.41) is 0. The summed E-state index contributed by atoms with van der Waals surface area (Å²) in [6.45, 7) is 10.3. The van der Waals surface area contributed by atoms with Gasteiger partial charge >= 0.3 is 0 Å². The van der Waals surface area contributed by atoms with Crippen LogP contribution in [0.3, 0.4) is 0 Å². The topological polar surface area (TPSA) is 21.7 Å². The second-order valence-electron chi connectivity index (χ2n) is 14.8. The van der Waals surface area contributed by atoms with Crippen molar-refractivity contribution in [2.24, 2.45) is 5.92 Å². The maximum atomic E-state index is 7.01. The minimum Gasteiger partial charge on any atom is -0.342 e. The average Bonchev–Trinajstić information content (AvgIpc) is 3.54. The summed E-state index contributed by atoms with van der Waals surface area (Å²) in [7, 11) is 2.26. The van der Waals surface area contributed by atoms with Crippen LogP contribution in [-0.4, -0.2) is 42.5 Å². The van der Waals surface area contributed by atoms with E-state index in [1.807, 2.05) is 0 Å². The van der Waals surface area contributed by atoms with Crippen LogP contribution in [0.4, 0.5) is 0 Å². The van der Waals surface area contributed by atoms with E-state index in [4.69, 9.17) is 9.47 Å². The normalized spacial score (nSPS) is 25.4. The van der Waals surface area contributed by atoms with Gasteiger partial charge in [-0.05, 0) is 90.5 Å². The van der Waals surface area contributed by atoms with Gasteiger partial charge in [-0.1, -0.05) is 153 Å². The largest absolute Gasteiger partial charge is 0.342 e. The molecule has 3 heteroatoms. The van der Waals surface area contributed by atoms with Gasteiger partial charge in [0.05, 0.1) is 18.2 Å². The number of allylic oxidation sites excluding steroid dienone is 8. The molecule has 1 spiro atoms. The standard InChI is InChI=1S/C44H79NO2/c1-6-9-11-13-15-17-19-21-23-25-27-29-31-33-35-37-41-42(47-44(46-41)40(4)39-45(5)43(44)8-3)38-36-34-32-30-28-26-24-22-20-18-16-14-12-10-7-2/h15-18,21-24,40-43H,6-14,19-20,25-39H2,1-5H3/b17-15-,18-16-,23-21-,24-22-. The van der Waals surface area contributed by atoms with E-state index in [1.165, 1.54) is 128 Å². The monoisotopic (exact) mass is 654 g/mol. The molecule has 0 bridgehead atoms. The van der Waals surface area contributed by atoms with Crippen LogP contribution in [0.25, 0.3) is 0 Å². The minimum atomic E-state index is -0.396. The summed E-state index contributed by atoms with van der Waals surface area (Å²) in [6.07, 6.45) is 51.1. The third-order valence-corrected chi connectivity index (χ3v) is 10.6. The molecule has 2 aliphatic heterocycles. The zero-order valence-electron chi connectivity index (χ0n) is 32.1. The van der Waals surface area contributed by atoms with E-state index in [0.717, 1.165) is 38.6 Å². The van der Waals surface area contributed by atoms with Gasteiger partial charge in [-0.25, -0.2) is 0 Å². The smallest absolute Gasteiger partial charge is 0.188 e. The fourth-order valence-corrected chi connectivity index (χ4v) is 7.76. The summed E-state index contributed by atoms with van der Waals surface area (Å²) in [6, 6.07) is 0.374. The van der Waals surface area contributed by atoms with Crippen molar-refractivity contribution < 1.29 is 9.47 Å². The SMILES string of the molecule is CCCCC/C=C\C/C=C\CCCCCCCC1OC2(OC1CCCCCCC/C=C\C/C=C\CCCCC)C(C)CN(C)C2CC. The highest BCUT2D eigenvalue weighted by Gasteiger charge is 2.59. The molecule has 2 saturated heterocycles. The van der Waals surface area contributed by atoms with Gasteiger partial charge in [0, 0.05) is 12.5 Å². The van der Waals surface area contributed by atoms with Crippen LogP contribution in [0.5, 0.6) is 0 Å². The molecule has 0 aliphatic carbocycles. The Bertz CT molecular complexity index is 790. The third kappa shape index (κ3) is 17.4. The lowest BCUT2D eigenvalue weighted by molar-refractivity contribution is -0.211. The molecule has 47 heavy (non-hydrogen) atoms. The second-order valence-corrected chi connectivity index (χ2v) is 14.8. The summed E-state index contributed by atoms with van der Waals surface area (Å²) in [5.74, 6) is 0.0338. The molecule has 2 heterocycles. The molecule has 272 valence electrons. The van der Waals surface area contributed by atoms with E-state index >= 15 is 0 Å². The Morgan fingerprint density at radius 2 is 0.915 bits per heavy atom. The fourth-order valence-electron chi connectivity index (χ4n) is 7.76. The van der Waals surface area contributed by atoms with E-state index in [1.54, 1.807) is 0 Å². The zero-order chi connectivity index (χ0) is 33.8. The maximum Gasteiger partial charge on any atom is 0.188 e. The number of rotatable bonds is 29. The Hall–Kier alpha value is -1.16. The Labute approximate surface area is 294 Å². The van der Waals surface area contributed by atoms with Gasteiger partial charge in [-0.2, -0.15) is 0 Å². The van der Waals surface area contributed by atoms with Crippen molar-refractivity contribution in [3.63, 3.8) is 0 Å². The average molecular weight is 654 g/mol. The van der Waals surface area contributed by atoms with Gasteiger partial charge in [-0.3, -0.25) is 4.90 Å². The zero-order valence-corrected chi connectivity index (χ0v) is 32.1. The highest BCUT2D eigenvalue weighted by Crippen LogP contribution is 2.47. The maximum absolute atomic E-state index is 7.01. The molecule has 4 unspecified atom stereocenters. The van der Waals surface area contributed by atoms with Crippen molar-refractivity contribution in [1.82, 2.24) is 4.90 Å². The highest BCUT2D eigenvalue weighted by atomic mass is 16.8. The van der Waals surface area contributed by atoms with Crippen molar-refractivity contribution in [2.45, 2.75) is 212 Å². The Kier molecular flexibility index (Phi) is 24.7. The van der Waals surface area contributed by atoms with Gasteiger partial charge in [0.2, 0.25) is 0 Å². The molecule has 2 aliphatic rings. The molecule has 0 radical (unpaired) electrons. The molecule has 4 atom stereocenters. The number of hydrogen-bond donors (Lipinski definition) is 0. The van der Waals surface area contributed by atoms with Gasteiger partial charge < -0.3 is 9.47 Å². The quantitative estimate of drug-likeness (QED) is 0.0592. The number of hydrogen-bond acceptors (Lipinski definition) is 3. The molecule has 0 saturated carbocycles. The summed E-state index contributed by atoms with van der Waals surface area (Å²) < 4.78 is 14.0. The van der Waals surface area contributed by atoms with Gasteiger partial charge in [-0.15, -0.1) is 0 Å². The summed E-state index contributed by atoms with van der Waals surface area (Å²) >= 11 is 0. The van der Waals surface area contributed by atoms with Crippen LogP contribution in [0, 0.1) is 5.92 Å². The van der Waals surface area contributed by atoms with E-state index in [9.17, 15) is 0 Å². The number of unbranched alkanes of at least 4 members (excludes halogenated alkanes) is 16. The Morgan fingerprint density at radius 1 is 0.532 bits per heavy atom. The first-order chi connectivity index (χ1) is 23.1. The molecule has 0 aromatic rings. The predicted molar refractivity (Wildman–Crippen MR) is 207 cm³/mol. The lowest BCUT2D eigenvalue weighted by Crippen LogP contribution is -2.47. The third-order valence-electron chi connectivity index (χ3n) is 10.6. The van der Waals surface area contributed by atoms with Crippen molar-refractivity contribution in [2.75, 3.05) is 13.6 Å². The summed E-state index contributed by atoms with van der Waals surface area (Å²) in [4.78, 5) is 2.49. The molecular formula is C44H79NO2. The number of likely N-dealkylation sites (tertiary alicyclic amines) is 1. The lowest BCUT2D eigenvalue weighted by Gasteiger charge is -2.34. The fraction of sp³-hybridized carbons (Fsp3) is 0.818. The second kappa shape index (κ2) is 27.6. The first-order valence-electron chi connectivity index (χ1n) is 20.7. The predicted octanol–water partition coefficient (Wildman–Crippen LogP) is 13.5. The van der Waals surface area contributed by atoms with Crippen molar-refractivity contribution in [3.05, 3.63) is 48.6 Å². The highest BCUT2D eigenvalue weighted by molar-refractivity contribution is 5.03. The molecule has 0 aromatic carbocycles. The van der Waals surface area contributed by atoms with Gasteiger partial charge in [0.15, 0.2) is 5.79 Å². The number of ether oxygens (including phenoxy) is 2. The van der Waals surface area contributed by atoms with E-state index in [-0.39, 0.29) is 12.2 Å². The molecule has 0 aromatic heterocycles. The molecule has 0 N–H and O–H groups in total. The molecular weight excluding hydrogens is 574 g/mol. The molecule has 0 amide bonds. The first-order valence-corrected chi connectivity index (χ1v) is 20.7. The lowest BCUT2D eigenvalue weighted by atomic mass is 9.97. The van der Waals surface area contributed by atoms with Crippen molar-refractivity contribution in [3.8, 4) is 0 Å². The van der Waals surface area contributed by atoms with Crippen LogP contribution in [0.15, 0.2) is 48.6 Å². The molecule has 3 nitrogen and oxygen atoms in total. The number of nitrogens with zero attached hydrogens (tertiary/aromatic N) is 1. The molecule has 2 rings (SSSR count). The van der Waals surface area contributed by atoms with Crippen LogP contribution in [-0.2, 0) is 9.47 Å². The van der Waals surface area contributed by atoms with Crippen LogP contribution < -0.4 is 0 Å². The number of likely N-dealkylation sites (N-methyl/N-ethyl adjacent to an activating group) is 1. The van der Waals surface area contributed by atoms with Crippen molar-refractivity contribution in [1.29, 1.82) is 0 Å². The van der Waals surface area contributed by atoms with Crippen LogP contribution in [0.1, 0.15) is 188 Å². The first kappa shape index (κ1) is 42.0. The Morgan fingerprint density at radius 3 is 1.32 bits per heavy atom. The van der Waals surface area contributed by atoms with Gasteiger partial charge in [0.1, 0.15) is 0 Å². The van der Waals surface area contributed by atoms with Gasteiger partial charge in [0.25, 0.3) is 0 Å². The van der Waals surface area contributed by atoms with E-state index in [0.29, 0.717) is 12.0 Å². The molecule has 2 fully saturated rings.